The largest absolute Gasteiger partial charge is 0.277 e. The Bertz CT molecular complexity index is 722. The lowest BCUT2D eigenvalue weighted by molar-refractivity contribution is 0.597. The van der Waals surface area contributed by atoms with Crippen LogP contribution in [0.1, 0.15) is 0 Å². The van der Waals surface area contributed by atoms with Gasteiger partial charge in [0.05, 0.1) is 11.9 Å². The minimum Gasteiger partial charge on any atom is -0.277 e. The topological polar surface area (TPSA) is 59.1 Å². The van der Waals surface area contributed by atoms with Gasteiger partial charge in [0.25, 0.3) is 10.0 Å². The van der Waals surface area contributed by atoms with E-state index in [1.807, 2.05) is 0 Å². The molecule has 4 nitrogen and oxygen atoms in total. The third-order valence-corrected chi connectivity index (χ3v) is 5.04. The Kier molecular flexibility index (Phi) is 4.22. The molecule has 0 aliphatic heterocycles. The number of pyridine rings is 1. The summed E-state index contributed by atoms with van der Waals surface area (Å²) in [6, 6.07) is 5.84. The Morgan fingerprint density at radius 2 is 1.95 bits per heavy atom. The van der Waals surface area contributed by atoms with Crippen molar-refractivity contribution in [3.8, 4) is 0 Å². The Morgan fingerprint density at radius 3 is 2.58 bits per heavy atom. The number of sulfonamides is 1. The zero-order valence-electron chi connectivity index (χ0n) is 9.27. The lowest BCUT2D eigenvalue weighted by Crippen LogP contribution is -2.14. The van der Waals surface area contributed by atoms with Gasteiger partial charge in [-0.2, -0.15) is 0 Å². The monoisotopic (exact) mass is 408 g/mol. The standard InChI is InChI=1S/C11H7Br2FN2O2S/c12-7-1-2-11(8(13)5-7)19(17,18)16-10-3-4-15-6-9(10)14/h1-6H,(H,15,16). The molecule has 100 valence electrons. The summed E-state index contributed by atoms with van der Waals surface area (Å²) >= 11 is 6.39. The van der Waals surface area contributed by atoms with Crippen LogP contribution in [0.3, 0.4) is 0 Å². The Balaban J connectivity index is 2.41. The fourth-order valence-corrected chi connectivity index (χ4v) is 4.17. The molecule has 0 aliphatic rings. The highest BCUT2D eigenvalue weighted by molar-refractivity contribution is 9.11. The quantitative estimate of drug-likeness (QED) is 0.843. The van der Waals surface area contributed by atoms with E-state index in [-0.39, 0.29) is 10.6 Å². The molecule has 0 spiro atoms. The first-order chi connectivity index (χ1) is 8.90. The van der Waals surface area contributed by atoms with Crippen LogP contribution in [0.4, 0.5) is 10.1 Å². The summed E-state index contributed by atoms with van der Waals surface area (Å²) in [5, 5.41) is 0. The van der Waals surface area contributed by atoms with Gasteiger partial charge in [-0.3, -0.25) is 9.71 Å². The molecule has 0 saturated carbocycles. The van der Waals surface area contributed by atoms with E-state index in [2.05, 4.69) is 41.6 Å². The third-order valence-electron chi connectivity index (χ3n) is 2.20. The van der Waals surface area contributed by atoms with Crippen LogP contribution in [0.2, 0.25) is 0 Å². The number of anilines is 1. The van der Waals surface area contributed by atoms with E-state index in [9.17, 15) is 12.8 Å². The van der Waals surface area contributed by atoms with E-state index in [0.29, 0.717) is 4.47 Å². The first kappa shape index (κ1) is 14.4. The molecule has 0 atom stereocenters. The number of hydrogen-bond donors (Lipinski definition) is 1. The first-order valence-electron chi connectivity index (χ1n) is 4.97. The van der Waals surface area contributed by atoms with E-state index < -0.39 is 15.8 Å². The van der Waals surface area contributed by atoms with Crippen molar-refractivity contribution in [3.63, 3.8) is 0 Å². The van der Waals surface area contributed by atoms with E-state index in [1.54, 1.807) is 12.1 Å². The van der Waals surface area contributed by atoms with Gasteiger partial charge >= 0.3 is 0 Å². The highest BCUT2D eigenvalue weighted by atomic mass is 79.9. The summed E-state index contributed by atoms with van der Waals surface area (Å²) in [5.74, 6) is -0.737. The summed E-state index contributed by atoms with van der Waals surface area (Å²) < 4.78 is 41.0. The van der Waals surface area contributed by atoms with Gasteiger partial charge in [0.2, 0.25) is 0 Å². The first-order valence-corrected chi connectivity index (χ1v) is 8.04. The predicted octanol–water partition coefficient (Wildman–Crippen LogP) is 3.55. The zero-order valence-corrected chi connectivity index (χ0v) is 13.3. The van der Waals surface area contributed by atoms with Crippen LogP contribution in [-0.2, 0) is 10.0 Å². The van der Waals surface area contributed by atoms with Gasteiger partial charge in [-0.15, -0.1) is 0 Å². The van der Waals surface area contributed by atoms with Crippen molar-refractivity contribution in [2.45, 2.75) is 4.90 Å². The van der Waals surface area contributed by atoms with Crippen molar-refractivity contribution in [2.24, 2.45) is 0 Å². The molecule has 1 N–H and O–H groups in total. The Hall–Kier alpha value is -0.990. The molecule has 19 heavy (non-hydrogen) atoms. The molecule has 1 heterocycles. The van der Waals surface area contributed by atoms with Gasteiger partial charge in [-0.1, -0.05) is 15.9 Å². The average molecular weight is 410 g/mol. The molecule has 1 aromatic carbocycles. The van der Waals surface area contributed by atoms with Crippen LogP contribution in [0, 0.1) is 5.82 Å². The fourth-order valence-electron chi connectivity index (χ4n) is 1.35. The number of nitrogens with zero attached hydrogens (tertiary/aromatic N) is 1. The van der Waals surface area contributed by atoms with Crippen LogP contribution < -0.4 is 4.72 Å². The SMILES string of the molecule is O=S(=O)(Nc1ccncc1F)c1ccc(Br)cc1Br. The van der Waals surface area contributed by atoms with Crippen LogP contribution in [-0.4, -0.2) is 13.4 Å². The molecule has 0 amide bonds. The molecule has 0 radical (unpaired) electrons. The molecule has 0 fully saturated rings. The normalized spacial score (nSPS) is 11.3. The van der Waals surface area contributed by atoms with Crippen LogP contribution >= 0.6 is 31.9 Å². The highest BCUT2D eigenvalue weighted by Gasteiger charge is 2.19. The van der Waals surface area contributed by atoms with Crippen molar-refractivity contribution >= 4 is 47.6 Å². The van der Waals surface area contributed by atoms with E-state index >= 15 is 0 Å². The summed E-state index contributed by atoms with van der Waals surface area (Å²) in [6.07, 6.45) is 2.24. The molecule has 8 heteroatoms. The summed E-state index contributed by atoms with van der Waals surface area (Å²) in [7, 11) is -3.87. The number of nitrogens with one attached hydrogen (secondary N) is 1. The van der Waals surface area contributed by atoms with Crippen LogP contribution in [0.15, 0.2) is 50.5 Å². The second-order valence-electron chi connectivity index (χ2n) is 3.54. The van der Waals surface area contributed by atoms with Crippen LogP contribution in [0.5, 0.6) is 0 Å². The maximum Gasteiger partial charge on any atom is 0.263 e. The molecular formula is C11H7Br2FN2O2S. The number of aromatic nitrogens is 1. The number of halogens is 3. The van der Waals surface area contributed by atoms with Gasteiger partial charge in [0, 0.05) is 15.1 Å². The maximum atomic E-state index is 13.4. The van der Waals surface area contributed by atoms with Crippen molar-refractivity contribution in [3.05, 3.63) is 51.4 Å². The van der Waals surface area contributed by atoms with Crippen molar-refractivity contribution < 1.29 is 12.8 Å². The van der Waals surface area contributed by atoms with E-state index in [4.69, 9.17) is 0 Å². The average Bonchev–Trinajstić information content (AvgIpc) is 2.31. The molecule has 0 bridgehead atoms. The van der Waals surface area contributed by atoms with Crippen molar-refractivity contribution in [1.82, 2.24) is 4.98 Å². The van der Waals surface area contributed by atoms with Gasteiger partial charge in [-0.25, -0.2) is 12.8 Å². The molecule has 0 unspecified atom stereocenters. The third kappa shape index (κ3) is 3.31. The predicted molar refractivity (Wildman–Crippen MR) is 76.8 cm³/mol. The summed E-state index contributed by atoms with van der Waals surface area (Å²) in [6.45, 7) is 0. The second kappa shape index (κ2) is 5.56. The minimum atomic E-state index is -3.87. The fraction of sp³-hybridized carbons (Fsp3) is 0. The highest BCUT2D eigenvalue weighted by Crippen LogP contribution is 2.27. The Morgan fingerprint density at radius 1 is 1.21 bits per heavy atom. The zero-order chi connectivity index (χ0) is 14.0. The van der Waals surface area contributed by atoms with Crippen molar-refractivity contribution in [2.75, 3.05) is 4.72 Å². The number of rotatable bonds is 3. The van der Waals surface area contributed by atoms with Gasteiger partial charge in [-0.05, 0) is 40.2 Å². The van der Waals surface area contributed by atoms with E-state index in [1.165, 1.54) is 18.3 Å². The summed E-state index contributed by atoms with van der Waals surface area (Å²) in [5.41, 5.74) is -0.148. The van der Waals surface area contributed by atoms with Gasteiger partial charge < -0.3 is 0 Å². The minimum absolute atomic E-state index is 0.0203. The Labute approximate surface area is 126 Å². The van der Waals surface area contributed by atoms with E-state index in [0.717, 1.165) is 10.7 Å². The molecule has 2 aromatic rings. The maximum absolute atomic E-state index is 13.4. The number of benzene rings is 1. The summed E-state index contributed by atoms with van der Waals surface area (Å²) in [4.78, 5) is 3.57. The van der Waals surface area contributed by atoms with Crippen molar-refractivity contribution in [1.29, 1.82) is 0 Å². The number of hydrogen-bond acceptors (Lipinski definition) is 3. The molecule has 1 aromatic heterocycles. The smallest absolute Gasteiger partial charge is 0.263 e. The van der Waals surface area contributed by atoms with Gasteiger partial charge in [0.1, 0.15) is 4.90 Å². The molecule has 0 aliphatic carbocycles. The lowest BCUT2D eigenvalue weighted by atomic mass is 10.4. The van der Waals surface area contributed by atoms with Gasteiger partial charge in [0.15, 0.2) is 5.82 Å². The lowest BCUT2D eigenvalue weighted by Gasteiger charge is -2.10. The molecular weight excluding hydrogens is 403 g/mol. The molecule has 2 rings (SSSR count). The second-order valence-corrected chi connectivity index (χ2v) is 6.96. The van der Waals surface area contributed by atoms with Crippen LogP contribution in [0.25, 0.3) is 0 Å². The molecule has 0 saturated heterocycles.